The van der Waals surface area contributed by atoms with Crippen molar-refractivity contribution in [2.75, 3.05) is 6.61 Å². The van der Waals surface area contributed by atoms with E-state index in [1.807, 2.05) is 42.5 Å². The lowest BCUT2D eigenvalue weighted by molar-refractivity contribution is -0.152. The Bertz CT molecular complexity index is 821. The standard InChI is InChI=1S/C29H38O4/c1-4-7-9-14-23(5-2)17-12-20-26-22-28(30)27(29(31)32-6-3)21-25(33-26)19-13-18-24-15-10-8-11-16-24/h4-5,7-11,14-16,25-27H,1-2,6,12-13,17-22H2,3H3/b9-7?,23-14+/t25-,26+,27?/m0/s1. The van der Waals surface area contributed by atoms with E-state index in [-0.39, 0.29) is 31.0 Å². The zero-order valence-electron chi connectivity index (χ0n) is 19.9. The number of rotatable bonds is 13. The monoisotopic (exact) mass is 450 g/mol. The predicted molar refractivity (Wildman–Crippen MR) is 134 cm³/mol. The molecule has 0 aliphatic carbocycles. The van der Waals surface area contributed by atoms with Gasteiger partial charge in [0.25, 0.3) is 0 Å². The van der Waals surface area contributed by atoms with Crippen molar-refractivity contribution in [2.45, 2.75) is 70.5 Å². The van der Waals surface area contributed by atoms with E-state index in [0.717, 1.165) is 44.1 Å². The Hall–Kier alpha value is -2.72. The first-order valence-corrected chi connectivity index (χ1v) is 12.1. The summed E-state index contributed by atoms with van der Waals surface area (Å²) in [4.78, 5) is 25.3. The first kappa shape index (κ1) is 26.5. The fourth-order valence-electron chi connectivity index (χ4n) is 4.19. The minimum absolute atomic E-state index is 0.0580. The van der Waals surface area contributed by atoms with Gasteiger partial charge in [0, 0.05) is 6.42 Å². The largest absolute Gasteiger partial charge is 0.465 e. The molecule has 1 heterocycles. The molecule has 1 aliphatic rings. The van der Waals surface area contributed by atoms with Crippen LogP contribution in [0.3, 0.4) is 0 Å². The zero-order chi connectivity index (χ0) is 23.9. The summed E-state index contributed by atoms with van der Waals surface area (Å²) in [5, 5.41) is 0. The normalized spacial score (nSPS) is 21.5. The lowest BCUT2D eigenvalue weighted by Gasteiger charge is -2.22. The van der Waals surface area contributed by atoms with Crippen LogP contribution < -0.4 is 0 Å². The molecular formula is C29H38O4. The SMILES string of the molecule is C=CC=C/C=C(\C=C)CCC[C@@H]1CC(=O)C(C(=O)OCC)C[C@H](CCCc2ccccc2)O1. The number of esters is 1. The number of carbonyl (C=O) groups excluding carboxylic acids is 2. The van der Waals surface area contributed by atoms with Crippen molar-refractivity contribution < 1.29 is 19.1 Å². The molecule has 33 heavy (non-hydrogen) atoms. The van der Waals surface area contributed by atoms with Crippen LogP contribution in [-0.4, -0.2) is 30.6 Å². The van der Waals surface area contributed by atoms with Crippen molar-refractivity contribution in [2.24, 2.45) is 5.92 Å². The van der Waals surface area contributed by atoms with E-state index in [0.29, 0.717) is 6.42 Å². The molecule has 0 radical (unpaired) electrons. The third-order valence-corrected chi connectivity index (χ3v) is 5.92. The quantitative estimate of drug-likeness (QED) is 0.200. The molecule has 3 atom stereocenters. The van der Waals surface area contributed by atoms with Crippen molar-refractivity contribution in [3.05, 3.63) is 85.0 Å². The number of hydrogen-bond donors (Lipinski definition) is 0. The summed E-state index contributed by atoms with van der Waals surface area (Å²) in [7, 11) is 0. The summed E-state index contributed by atoms with van der Waals surface area (Å²) in [6, 6.07) is 10.3. The average molecular weight is 451 g/mol. The highest BCUT2D eigenvalue weighted by Crippen LogP contribution is 2.28. The van der Waals surface area contributed by atoms with Gasteiger partial charge in [0.2, 0.25) is 0 Å². The molecule has 2 rings (SSSR count). The number of allylic oxidation sites excluding steroid dienone is 6. The highest BCUT2D eigenvalue weighted by Gasteiger charge is 2.36. The molecule has 0 spiro atoms. The maximum Gasteiger partial charge on any atom is 0.316 e. The van der Waals surface area contributed by atoms with Crippen LogP contribution >= 0.6 is 0 Å². The molecule has 0 bridgehead atoms. The smallest absolute Gasteiger partial charge is 0.316 e. The number of hydrogen-bond acceptors (Lipinski definition) is 4. The maximum atomic E-state index is 12.9. The molecule has 1 aromatic rings. The summed E-state index contributed by atoms with van der Waals surface area (Å²) in [5.41, 5.74) is 2.42. The van der Waals surface area contributed by atoms with Crippen LogP contribution in [0.5, 0.6) is 0 Å². The van der Waals surface area contributed by atoms with Gasteiger partial charge in [0.1, 0.15) is 11.7 Å². The van der Waals surface area contributed by atoms with Gasteiger partial charge in [-0.25, -0.2) is 0 Å². The summed E-state index contributed by atoms with van der Waals surface area (Å²) in [6.45, 7) is 9.61. The van der Waals surface area contributed by atoms with E-state index in [4.69, 9.17) is 9.47 Å². The molecule has 0 N–H and O–H groups in total. The summed E-state index contributed by atoms with van der Waals surface area (Å²) in [6.07, 6.45) is 15.1. The van der Waals surface area contributed by atoms with Gasteiger partial charge in [-0.2, -0.15) is 0 Å². The minimum atomic E-state index is -0.718. The van der Waals surface area contributed by atoms with Crippen molar-refractivity contribution in [3.8, 4) is 0 Å². The lowest BCUT2D eigenvalue weighted by Crippen LogP contribution is -2.28. The highest BCUT2D eigenvalue weighted by molar-refractivity contribution is 5.99. The molecule has 1 unspecified atom stereocenters. The van der Waals surface area contributed by atoms with Crippen LogP contribution in [0.1, 0.15) is 57.4 Å². The van der Waals surface area contributed by atoms with E-state index in [9.17, 15) is 9.59 Å². The van der Waals surface area contributed by atoms with Gasteiger partial charge >= 0.3 is 5.97 Å². The first-order chi connectivity index (χ1) is 16.1. The average Bonchev–Trinajstić information content (AvgIpc) is 2.97. The molecule has 4 heteroatoms. The Morgan fingerprint density at radius 1 is 1.12 bits per heavy atom. The molecule has 178 valence electrons. The fourth-order valence-corrected chi connectivity index (χ4v) is 4.19. The van der Waals surface area contributed by atoms with Crippen LogP contribution in [-0.2, 0) is 25.5 Å². The second kappa shape index (κ2) is 15.2. The fraction of sp³-hybridized carbons (Fsp3) is 0.448. The Morgan fingerprint density at radius 2 is 1.88 bits per heavy atom. The number of carbonyl (C=O) groups is 2. The van der Waals surface area contributed by atoms with E-state index in [1.54, 1.807) is 13.0 Å². The molecule has 0 saturated carbocycles. The van der Waals surface area contributed by atoms with Gasteiger partial charge in [-0.15, -0.1) is 0 Å². The van der Waals surface area contributed by atoms with Gasteiger partial charge in [0.15, 0.2) is 0 Å². The minimum Gasteiger partial charge on any atom is -0.465 e. The topological polar surface area (TPSA) is 52.6 Å². The number of Topliss-reactive ketones (excluding diaryl/α,β-unsaturated/α-hetero) is 1. The molecule has 1 fully saturated rings. The lowest BCUT2D eigenvalue weighted by atomic mass is 9.92. The molecular weight excluding hydrogens is 412 g/mol. The molecule has 0 aromatic heterocycles. The third-order valence-electron chi connectivity index (χ3n) is 5.92. The summed E-state index contributed by atoms with van der Waals surface area (Å²) < 4.78 is 11.6. The number of benzene rings is 1. The molecule has 0 amide bonds. The van der Waals surface area contributed by atoms with E-state index >= 15 is 0 Å². The second-order valence-corrected chi connectivity index (χ2v) is 8.43. The van der Waals surface area contributed by atoms with Crippen LogP contribution in [0, 0.1) is 5.92 Å². The molecule has 1 saturated heterocycles. The van der Waals surface area contributed by atoms with Crippen LogP contribution in [0.25, 0.3) is 0 Å². The van der Waals surface area contributed by atoms with E-state index in [2.05, 4.69) is 25.3 Å². The number of ketones is 1. The Balaban J connectivity index is 1.99. The predicted octanol–water partition coefficient (Wildman–Crippen LogP) is 6.33. The molecule has 4 nitrogen and oxygen atoms in total. The van der Waals surface area contributed by atoms with Gasteiger partial charge in [0.05, 0.1) is 18.8 Å². The van der Waals surface area contributed by atoms with E-state index in [1.165, 1.54) is 5.56 Å². The molecule has 1 aliphatic heterocycles. The Kier molecular flexibility index (Phi) is 12.2. The van der Waals surface area contributed by atoms with Gasteiger partial charge in [-0.05, 0) is 63.0 Å². The number of ether oxygens (including phenoxy) is 2. The van der Waals surface area contributed by atoms with Gasteiger partial charge in [-0.3, -0.25) is 9.59 Å². The van der Waals surface area contributed by atoms with Crippen LogP contribution in [0.2, 0.25) is 0 Å². The van der Waals surface area contributed by atoms with Gasteiger partial charge in [-0.1, -0.05) is 73.9 Å². The highest BCUT2D eigenvalue weighted by atomic mass is 16.5. The number of aryl methyl sites for hydroxylation is 1. The zero-order valence-corrected chi connectivity index (χ0v) is 19.9. The van der Waals surface area contributed by atoms with Crippen molar-refractivity contribution in [3.63, 3.8) is 0 Å². The first-order valence-electron chi connectivity index (χ1n) is 12.1. The Labute approximate surface area is 199 Å². The molecule has 1 aromatic carbocycles. The second-order valence-electron chi connectivity index (χ2n) is 8.43. The summed E-state index contributed by atoms with van der Waals surface area (Å²) >= 11 is 0. The van der Waals surface area contributed by atoms with Crippen molar-refractivity contribution >= 4 is 11.8 Å². The van der Waals surface area contributed by atoms with E-state index < -0.39 is 11.9 Å². The Morgan fingerprint density at radius 3 is 2.58 bits per heavy atom. The van der Waals surface area contributed by atoms with Crippen molar-refractivity contribution in [1.82, 2.24) is 0 Å². The van der Waals surface area contributed by atoms with Crippen molar-refractivity contribution in [1.29, 1.82) is 0 Å². The van der Waals surface area contributed by atoms with Crippen LogP contribution in [0.4, 0.5) is 0 Å². The van der Waals surface area contributed by atoms with Crippen LogP contribution in [0.15, 0.2) is 79.4 Å². The third kappa shape index (κ3) is 9.75. The maximum absolute atomic E-state index is 12.9. The summed E-state index contributed by atoms with van der Waals surface area (Å²) in [5.74, 6) is -1.19. The van der Waals surface area contributed by atoms with Gasteiger partial charge < -0.3 is 9.47 Å².